The van der Waals surface area contributed by atoms with Crippen LogP contribution in [0.25, 0.3) is 0 Å². The van der Waals surface area contributed by atoms with Gasteiger partial charge in [-0.25, -0.2) is 5.10 Å². The second kappa shape index (κ2) is 4.19. The number of para-hydroxylation sites is 1. The second-order valence-corrected chi connectivity index (χ2v) is 3.84. The first-order valence-electron chi connectivity index (χ1n) is 4.26. The van der Waals surface area contributed by atoms with Gasteiger partial charge in [0.2, 0.25) is 11.1 Å². The Labute approximate surface area is 94.2 Å². The molecule has 0 spiro atoms. The Hall–Kier alpha value is -2.09. The van der Waals surface area contributed by atoms with Gasteiger partial charge in [-0.2, -0.15) is 4.98 Å². The van der Waals surface area contributed by atoms with Gasteiger partial charge in [0.1, 0.15) is 0 Å². The smallest absolute Gasteiger partial charge is 0.283 e. The molecule has 7 nitrogen and oxygen atoms in total. The highest BCUT2D eigenvalue weighted by Crippen LogP contribution is 2.32. The largest absolute Gasteiger partial charge is 0.368 e. The molecule has 1 heterocycles. The van der Waals surface area contributed by atoms with Crippen LogP contribution >= 0.6 is 11.8 Å². The lowest BCUT2D eigenvalue weighted by molar-refractivity contribution is -0.387. The summed E-state index contributed by atoms with van der Waals surface area (Å²) >= 11 is 1.09. The van der Waals surface area contributed by atoms with E-state index in [9.17, 15) is 10.1 Å². The van der Waals surface area contributed by atoms with E-state index in [1.54, 1.807) is 18.2 Å². The Morgan fingerprint density at radius 3 is 2.81 bits per heavy atom. The van der Waals surface area contributed by atoms with Crippen molar-refractivity contribution >= 4 is 23.4 Å². The molecular formula is C8H7N5O2S. The number of nitrogens with zero attached hydrogens (tertiary/aromatic N) is 3. The van der Waals surface area contributed by atoms with Gasteiger partial charge in [0.05, 0.1) is 9.82 Å². The van der Waals surface area contributed by atoms with Crippen LogP contribution in [-0.4, -0.2) is 20.1 Å². The van der Waals surface area contributed by atoms with Gasteiger partial charge in [0, 0.05) is 6.07 Å². The average molecular weight is 237 g/mol. The molecule has 0 atom stereocenters. The van der Waals surface area contributed by atoms with Crippen LogP contribution < -0.4 is 5.73 Å². The van der Waals surface area contributed by atoms with Gasteiger partial charge < -0.3 is 5.73 Å². The van der Waals surface area contributed by atoms with E-state index in [4.69, 9.17) is 5.73 Å². The van der Waals surface area contributed by atoms with E-state index >= 15 is 0 Å². The Bertz CT molecular complexity index is 527. The summed E-state index contributed by atoms with van der Waals surface area (Å²) in [6.45, 7) is 0. The summed E-state index contributed by atoms with van der Waals surface area (Å²) in [4.78, 5) is 14.6. The summed E-state index contributed by atoms with van der Waals surface area (Å²) in [5, 5.41) is 17.3. The Morgan fingerprint density at radius 1 is 1.44 bits per heavy atom. The lowest BCUT2D eigenvalue weighted by Crippen LogP contribution is -1.90. The molecule has 2 rings (SSSR count). The molecule has 2 aromatic rings. The quantitative estimate of drug-likeness (QED) is 0.617. The topological polar surface area (TPSA) is 111 Å². The molecule has 0 bridgehead atoms. The molecule has 8 heteroatoms. The van der Waals surface area contributed by atoms with Gasteiger partial charge in [-0.15, -0.1) is 5.10 Å². The number of nitrogen functional groups attached to an aromatic ring is 1. The minimum atomic E-state index is -0.446. The number of H-pyrrole nitrogens is 1. The molecule has 1 aromatic heterocycles. The van der Waals surface area contributed by atoms with Gasteiger partial charge in [0.25, 0.3) is 5.69 Å². The van der Waals surface area contributed by atoms with Crippen molar-refractivity contribution in [1.29, 1.82) is 0 Å². The average Bonchev–Trinajstić information content (AvgIpc) is 2.64. The zero-order valence-electron chi connectivity index (χ0n) is 7.95. The first-order chi connectivity index (χ1) is 7.66. The summed E-state index contributed by atoms with van der Waals surface area (Å²) in [7, 11) is 0. The highest BCUT2D eigenvalue weighted by Gasteiger charge is 2.15. The third kappa shape index (κ3) is 2.11. The third-order valence-corrected chi connectivity index (χ3v) is 2.68. The predicted octanol–water partition coefficient (Wildman–Crippen LogP) is 1.45. The van der Waals surface area contributed by atoms with Crippen molar-refractivity contribution in [2.24, 2.45) is 0 Å². The van der Waals surface area contributed by atoms with Crippen molar-refractivity contribution in [3.05, 3.63) is 34.4 Å². The normalized spacial score (nSPS) is 10.2. The molecule has 0 saturated carbocycles. The van der Waals surface area contributed by atoms with Crippen molar-refractivity contribution in [1.82, 2.24) is 15.2 Å². The number of anilines is 1. The number of aromatic nitrogens is 3. The molecule has 0 aliphatic carbocycles. The molecule has 0 fully saturated rings. The van der Waals surface area contributed by atoms with Crippen molar-refractivity contribution in [3.63, 3.8) is 0 Å². The van der Waals surface area contributed by atoms with Crippen LogP contribution in [0.4, 0.5) is 11.6 Å². The Morgan fingerprint density at radius 2 is 2.19 bits per heavy atom. The lowest BCUT2D eigenvalue weighted by Gasteiger charge is -1.98. The predicted molar refractivity (Wildman–Crippen MR) is 58.0 cm³/mol. The van der Waals surface area contributed by atoms with Gasteiger partial charge in [-0.05, 0) is 17.8 Å². The highest BCUT2D eigenvalue weighted by molar-refractivity contribution is 7.99. The molecule has 16 heavy (non-hydrogen) atoms. The third-order valence-electron chi connectivity index (χ3n) is 1.75. The van der Waals surface area contributed by atoms with Crippen LogP contribution in [0.1, 0.15) is 0 Å². The van der Waals surface area contributed by atoms with E-state index in [2.05, 4.69) is 15.2 Å². The zero-order valence-corrected chi connectivity index (χ0v) is 8.77. The molecular weight excluding hydrogens is 230 g/mol. The lowest BCUT2D eigenvalue weighted by atomic mass is 10.3. The van der Waals surface area contributed by atoms with Crippen LogP contribution in [0.3, 0.4) is 0 Å². The molecule has 0 aliphatic heterocycles. The standard InChI is InChI=1S/C8H7N5O2S/c9-7-10-8(12-11-7)16-6-4-2-1-3-5(6)13(14)15/h1-4H,(H3,9,10,11,12). The number of hydrogen-bond donors (Lipinski definition) is 2. The van der Waals surface area contributed by atoms with Crippen LogP contribution in [0.5, 0.6) is 0 Å². The summed E-state index contributed by atoms with van der Waals surface area (Å²) < 4.78 is 0. The van der Waals surface area contributed by atoms with E-state index in [0.717, 1.165) is 11.8 Å². The van der Waals surface area contributed by atoms with E-state index in [1.165, 1.54) is 6.07 Å². The van der Waals surface area contributed by atoms with E-state index in [0.29, 0.717) is 10.1 Å². The van der Waals surface area contributed by atoms with Gasteiger partial charge >= 0.3 is 0 Å². The summed E-state index contributed by atoms with van der Waals surface area (Å²) in [5.74, 6) is 0.182. The summed E-state index contributed by atoms with van der Waals surface area (Å²) in [5.41, 5.74) is 5.38. The highest BCUT2D eigenvalue weighted by atomic mass is 32.2. The molecule has 0 unspecified atom stereocenters. The van der Waals surface area contributed by atoms with Crippen molar-refractivity contribution < 1.29 is 4.92 Å². The molecule has 0 aliphatic rings. The Kier molecular flexibility index (Phi) is 2.73. The first kappa shape index (κ1) is 10.4. The first-order valence-corrected chi connectivity index (χ1v) is 5.07. The monoisotopic (exact) mass is 237 g/mol. The van der Waals surface area contributed by atoms with Gasteiger partial charge in [0.15, 0.2) is 0 Å². The maximum Gasteiger partial charge on any atom is 0.283 e. The summed E-state index contributed by atoms with van der Waals surface area (Å²) in [6.07, 6.45) is 0. The molecule has 0 saturated heterocycles. The number of nitrogens with one attached hydrogen (secondary N) is 1. The fourth-order valence-corrected chi connectivity index (χ4v) is 1.92. The van der Waals surface area contributed by atoms with Gasteiger partial charge in [-0.1, -0.05) is 12.1 Å². The second-order valence-electron chi connectivity index (χ2n) is 2.83. The number of rotatable bonds is 3. The van der Waals surface area contributed by atoms with Crippen molar-refractivity contribution in [2.45, 2.75) is 10.1 Å². The van der Waals surface area contributed by atoms with Crippen molar-refractivity contribution in [3.8, 4) is 0 Å². The fraction of sp³-hybridized carbons (Fsp3) is 0. The minimum Gasteiger partial charge on any atom is -0.368 e. The molecule has 1 aromatic carbocycles. The van der Waals surface area contributed by atoms with Crippen molar-refractivity contribution in [2.75, 3.05) is 5.73 Å². The summed E-state index contributed by atoms with van der Waals surface area (Å²) in [6, 6.07) is 6.38. The molecule has 82 valence electrons. The number of benzene rings is 1. The maximum absolute atomic E-state index is 10.7. The number of hydrogen-bond acceptors (Lipinski definition) is 6. The van der Waals surface area contributed by atoms with Crippen LogP contribution in [0.15, 0.2) is 34.3 Å². The Balaban J connectivity index is 2.31. The number of nitrogens with two attached hydrogens (primary N) is 1. The fourth-order valence-electron chi connectivity index (χ4n) is 1.10. The number of aromatic amines is 1. The van der Waals surface area contributed by atoms with Gasteiger partial charge in [-0.3, -0.25) is 10.1 Å². The zero-order chi connectivity index (χ0) is 11.5. The number of nitro benzene ring substituents is 1. The molecule has 0 amide bonds. The molecule has 3 N–H and O–H groups in total. The van der Waals surface area contributed by atoms with Crippen LogP contribution in [0, 0.1) is 10.1 Å². The molecule has 0 radical (unpaired) electrons. The van der Waals surface area contributed by atoms with Crippen LogP contribution in [-0.2, 0) is 0 Å². The van der Waals surface area contributed by atoms with E-state index in [1.807, 2.05) is 0 Å². The van der Waals surface area contributed by atoms with E-state index in [-0.39, 0.29) is 11.6 Å². The number of nitro groups is 1. The minimum absolute atomic E-state index is 0.0240. The van der Waals surface area contributed by atoms with Crippen LogP contribution in [0.2, 0.25) is 0 Å². The van der Waals surface area contributed by atoms with E-state index < -0.39 is 4.92 Å². The SMILES string of the molecule is Nc1nc(Sc2ccccc2[N+](=O)[O-])n[nH]1. The maximum atomic E-state index is 10.7.